The molecule has 0 amide bonds. The molecular weight excluding hydrogens is 274 g/mol. The van der Waals surface area contributed by atoms with E-state index in [0.717, 1.165) is 17.8 Å². The highest BCUT2D eigenvalue weighted by molar-refractivity contribution is 7.91. The number of nitrogens with zero attached hydrogens (tertiary/aromatic N) is 2. The SMILES string of the molecule is CC(C)(C)NCc1ccncc1N1CCS(=O)(=O)CC1. The maximum atomic E-state index is 11.5. The zero-order valence-corrected chi connectivity index (χ0v) is 13.2. The Kier molecular flexibility index (Phi) is 4.34. The van der Waals surface area contributed by atoms with Gasteiger partial charge in [-0.1, -0.05) is 0 Å². The Hall–Kier alpha value is -1.14. The molecule has 2 heterocycles. The molecule has 1 aromatic heterocycles. The standard InChI is InChI=1S/C14H23N3O2S/c1-14(2,3)16-10-12-4-5-15-11-13(12)17-6-8-20(18,19)9-7-17/h4-5,11,16H,6-10H2,1-3H3. The van der Waals surface area contributed by atoms with E-state index in [1.165, 1.54) is 0 Å². The van der Waals surface area contributed by atoms with Crippen LogP contribution in [0.15, 0.2) is 18.5 Å². The third-order valence-electron chi connectivity index (χ3n) is 3.38. The molecule has 0 bridgehead atoms. The summed E-state index contributed by atoms with van der Waals surface area (Å²) in [6, 6.07) is 2.00. The van der Waals surface area contributed by atoms with E-state index < -0.39 is 9.84 Å². The first-order valence-corrected chi connectivity index (χ1v) is 8.72. The minimum absolute atomic E-state index is 0.0474. The van der Waals surface area contributed by atoms with Crippen LogP contribution in [0.1, 0.15) is 26.3 Å². The van der Waals surface area contributed by atoms with Gasteiger partial charge in [-0.2, -0.15) is 0 Å². The van der Waals surface area contributed by atoms with Crippen molar-refractivity contribution < 1.29 is 8.42 Å². The van der Waals surface area contributed by atoms with Crippen LogP contribution >= 0.6 is 0 Å². The average Bonchev–Trinajstić information content (AvgIpc) is 2.36. The van der Waals surface area contributed by atoms with Gasteiger partial charge in [0.1, 0.15) is 0 Å². The smallest absolute Gasteiger partial charge is 0.153 e. The first-order chi connectivity index (χ1) is 9.27. The molecule has 1 aliphatic rings. The molecule has 1 saturated heterocycles. The third kappa shape index (κ3) is 4.18. The number of hydrogen-bond acceptors (Lipinski definition) is 5. The molecule has 0 saturated carbocycles. The molecule has 0 atom stereocenters. The molecular formula is C14H23N3O2S. The highest BCUT2D eigenvalue weighted by Crippen LogP contribution is 2.21. The van der Waals surface area contributed by atoms with Gasteiger partial charge in [0.25, 0.3) is 0 Å². The minimum Gasteiger partial charge on any atom is -0.368 e. The van der Waals surface area contributed by atoms with Gasteiger partial charge in [0.05, 0.1) is 23.4 Å². The van der Waals surface area contributed by atoms with Crippen molar-refractivity contribution in [2.45, 2.75) is 32.9 Å². The number of rotatable bonds is 3. The molecule has 1 N–H and O–H groups in total. The highest BCUT2D eigenvalue weighted by atomic mass is 32.2. The van der Waals surface area contributed by atoms with E-state index in [1.807, 2.05) is 12.3 Å². The molecule has 0 radical (unpaired) electrons. The third-order valence-corrected chi connectivity index (χ3v) is 4.99. The largest absolute Gasteiger partial charge is 0.368 e. The lowest BCUT2D eigenvalue weighted by Gasteiger charge is -2.31. The zero-order chi connectivity index (χ0) is 14.8. The summed E-state index contributed by atoms with van der Waals surface area (Å²) in [5, 5.41) is 3.46. The molecule has 112 valence electrons. The monoisotopic (exact) mass is 297 g/mol. The summed E-state index contributed by atoms with van der Waals surface area (Å²) in [4.78, 5) is 6.30. The Morgan fingerprint density at radius 1 is 1.30 bits per heavy atom. The van der Waals surface area contributed by atoms with Gasteiger partial charge in [-0.25, -0.2) is 8.42 Å². The summed E-state index contributed by atoms with van der Waals surface area (Å²) in [6.45, 7) is 8.24. The fourth-order valence-electron chi connectivity index (χ4n) is 2.16. The second kappa shape index (κ2) is 5.69. The maximum absolute atomic E-state index is 11.5. The van der Waals surface area contributed by atoms with Crippen LogP contribution in [0.25, 0.3) is 0 Å². The lowest BCUT2D eigenvalue weighted by Crippen LogP contribution is -2.41. The molecule has 0 unspecified atom stereocenters. The first-order valence-electron chi connectivity index (χ1n) is 6.90. The van der Waals surface area contributed by atoms with Crippen LogP contribution in [0.4, 0.5) is 5.69 Å². The van der Waals surface area contributed by atoms with Crippen LogP contribution in [0.5, 0.6) is 0 Å². The van der Waals surface area contributed by atoms with Crippen molar-refractivity contribution in [3.63, 3.8) is 0 Å². The van der Waals surface area contributed by atoms with E-state index in [9.17, 15) is 8.42 Å². The summed E-state index contributed by atoms with van der Waals surface area (Å²) >= 11 is 0. The van der Waals surface area contributed by atoms with Crippen LogP contribution < -0.4 is 10.2 Å². The van der Waals surface area contributed by atoms with E-state index >= 15 is 0 Å². The quantitative estimate of drug-likeness (QED) is 0.908. The normalized spacial score (nSPS) is 19.1. The molecule has 0 aliphatic carbocycles. The topological polar surface area (TPSA) is 62.3 Å². The first kappa shape index (κ1) is 15.3. The second-order valence-corrected chi connectivity index (χ2v) is 8.55. The summed E-state index contributed by atoms with van der Waals surface area (Å²) < 4.78 is 23.0. The van der Waals surface area contributed by atoms with Crippen molar-refractivity contribution in [1.29, 1.82) is 0 Å². The number of hydrogen-bond donors (Lipinski definition) is 1. The van der Waals surface area contributed by atoms with Gasteiger partial charge >= 0.3 is 0 Å². The van der Waals surface area contributed by atoms with E-state index in [-0.39, 0.29) is 17.0 Å². The lowest BCUT2D eigenvalue weighted by atomic mass is 10.1. The lowest BCUT2D eigenvalue weighted by molar-refractivity contribution is 0.424. The molecule has 6 heteroatoms. The van der Waals surface area contributed by atoms with Crippen LogP contribution in [0.3, 0.4) is 0 Å². The highest BCUT2D eigenvalue weighted by Gasteiger charge is 2.23. The van der Waals surface area contributed by atoms with Gasteiger partial charge in [0.15, 0.2) is 9.84 Å². The fourth-order valence-corrected chi connectivity index (χ4v) is 3.36. The predicted molar refractivity (Wildman–Crippen MR) is 81.7 cm³/mol. The van der Waals surface area contributed by atoms with E-state index in [1.54, 1.807) is 6.20 Å². The molecule has 1 aliphatic heterocycles. The molecule has 2 rings (SSSR count). The van der Waals surface area contributed by atoms with Gasteiger partial charge in [-0.3, -0.25) is 4.98 Å². The molecule has 20 heavy (non-hydrogen) atoms. The van der Waals surface area contributed by atoms with Gasteiger partial charge in [0, 0.05) is 31.4 Å². The molecule has 1 fully saturated rings. The van der Waals surface area contributed by atoms with Gasteiger partial charge in [0.2, 0.25) is 0 Å². The van der Waals surface area contributed by atoms with Crippen molar-refractivity contribution in [2.75, 3.05) is 29.5 Å². The predicted octanol–water partition coefficient (Wildman–Crippen LogP) is 1.20. The summed E-state index contributed by atoms with van der Waals surface area (Å²) in [7, 11) is -2.85. The van der Waals surface area contributed by atoms with E-state index in [0.29, 0.717) is 13.1 Å². The van der Waals surface area contributed by atoms with Gasteiger partial charge in [-0.05, 0) is 32.4 Å². The number of nitrogens with one attached hydrogen (secondary N) is 1. The van der Waals surface area contributed by atoms with Crippen LogP contribution in [0, 0.1) is 0 Å². The van der Waals surface area contributed by atoms with Crippen molar-refractivity contribution in [1.82, 2.24) is 10.3 Å². The minimum atomic E-state index is -2.85. The Morgan fingerprint density at radius 2 is 1.95 bits per heavy atom. The molecule has 5 nitrogen and oxygen atoms in total. The second-order valence-electron chi connectivity index (χ2n) is 6.25. The Labute approximate surface area is 121 Å². The number of sulfone groups is 1. The van der Waals surface area contributed by atoms with Crippen molar-refractivity contribution in [3.8, 4) is 0 Å². The van der Waals surface area contributed by atoms with Crippen LogP contribution in [0.2, 0.25) is 0 Å². The average molecular weight is 297 g/mol. The van der Waals surface area contributed by atoms with E-state index in [2.05, 4.69) is 36.0 Å². The molecule has 0 aromatic carbocycles. The Morgan fingerprint density at radius 3 is 2.55 bits per heavy atom. The van der Waals surface area contributed by atoms with Gasteiger partial charge in [-0.15, -0.1) is 0 Å². The summed E-state index contributed by atoms with van der Waals surface area (Å²) in [5.74, 6) is 0.460. The van der Waals surface area contributed by atoms with Crippen molar-refractivity contribution in [2.24, 2.45) is 0 Å². The van der Waals surface area contributed by atoms with Crippen LogP contribution in [-0.2, 0) is 16.4 Å². The molecule has 0 spiro atoms. The maximum Gasteiger partial charge on any atom is 0.153 e. The number of pyridine rings is 1. The summed E-state index contributed by atoms with van der Waals surface area (Å²) in [6.07, 6.45) is 3.61. The molecule has 1 aromatic rings. The van der Waals surface area contributed by atoms with E-state index in [4.69, 9.17) is 0 Å². The van der Waals surface area contributed by atoms with Crippen LogP contribution in [-0.4, -0.2) is 43.5 Å². The number of aromatic nitrogens is 1. The van der Waals surface area contributed by atoms with Crippen molar-refractivity contribution >= 4 is 15.5 Å². The number of anilines is 1. The zero-order valence-electron chi connectivity index (χ0n) is 12.4. The fraction of sp³-hybridized carbons (Fsp3) is 0.643. The van der Waals surface area contributed by atoms with Gasteiger partial charge < -0.3 is 10.2 Å². The van der Waals surface area contributed by atoms with Crippen molar-refractivity contribution in [3.05, 3.63) is 24.0 Å². The Balaban J connectivity index is 2.12. The summed E-state index contributed by atoms with van der Waals surface area (Å²) in [5.41, 5.74) is 2.25. The Bertz CT molecular complexity index is 550.